The number of nitrogens with zero attached hydrogens (tertiary/aromatic N) is 2. The van der Waals surface area contributed by atoms with E-state index in [0.29, 0.717) is 17.4 Å². The van der Waals surface area contributed by atoms with Gasteiger partial charge in [-0.25, -0.2) is 4.79 Å². The van der Waals surface area contributed by atoms with E-state index in [9.17, 15) is 9.59 Å². The molecule has 1 N–H and O–H groups in total. The van der Waals surface area contributed by atoms with Crippen molar-refractivity contribution in [3.8, 4) is 0 Å². The monoisotopic (exact) mass is 273 g/mol. The highest BCUT2D eigenvalue weighted by Gasteiger charge is 2.18. The van der Waals surface area contributed by atoms with Gasteiger partial charge in [0.15, 0.2) is 0 Å². The molecule has 5 nitrogen and oxygen atoms in total. The average molecular weight is 273 g/mol. The Labute approximate surface area is 116 Å². The summed E-state index contributed by atoms with van der Waals surface area (Å²) in [5, 5.41) is 3.95. The summed E-state index contributed by atoms with van der Waals surface area (Å²) in [5.41, 5.74) is 1.31. The van der Waals surface area contributed by atoms with E-state index in [-0.39, 0.29) is 17.3 Å². The van der Waals surface area contributed by atoms with Crippen LogP contribution in [0.3, 0.4) is 0 Å². The molecule has 1 unspecified atom stereocenters. The fourth-order valence-corrected chi connectivity index (χ4v) is 2.92. The van der Waals surface area contributed by atoms with E-state index < -0.39 is 0 Å². The van der Waals surface area contributed by atoms with Crippen LogP contribution >= 0.6 is 0 Å². The summed E-state index contributed by atoms with van der Waals surface area (Å²) in [4.78, 5) is 24.9. The van der Waals surface area contributed by atoms with Gasteiger partial charge in [-0.3, -0.25) is 13.9 Å². The van der Waals surface area contributed by atoms with Gasteiger partial charge in [-0.2, -0.15) is 0 Å². The first kappa shape index (κ1) is 13.1. The Bertz CT molecular complexity index is 767. The molecule has 5 heteroatoms. The minimum absolute atomic E-state index is 0.180. The highest BCUT2D eigenvalue weighted by atomic mass is 16.2. The molecule has 1 aromatic heterocycles. The molecule has 1 atom stereocenters. The van der Waals surface area contributed by atoms with Crippen LogP contribution in [0.4, 0.5) is 0 Å². The molecule has 0 spiro atoms. The van der Waals surface area contributed by atoms with Crippen LogP contribution in [-0.2, 0) is 13.6 Å². The SMILES string of the molecule is Cc1ccc2c(c1)c(=O)n(CC1CCCN1)c(=O)n2C. The van der Waals surface area contributed by atoms with Crippen molar-refractivity contribution < 1.29 is 0 Å². The summed E-state index contributed by atoms with van der Waals surface area (Å²) in [6.07, 6.45) is 2.12. The second-order valence-electron chi connectivity index (χ2n) is 5.57. The fourth-order valence-electron chi connectivity index (χ4n) is 2.92. The molecule has 0 amide bonds. The summed E-state index contributed by atoms with van der Waals surface area (Å²) < 4.78 is 2.93. The van der Waals surface area contributed by atoms with Crippen LogP contribution in [-0.4, -0.2) is 21.7 Å². The summed E-state index contributed by atoms with van der Waals surface area (Å²) in [6.45, 7) is 3.37. The third-order valence-corrected chi connectivity index (χ3v) is 4.07. The van der Waals surface area contributed by atoms with E-state index in [4.69, 9.17) is 0 Å². The Kier molecular flexibility index (Phi) is 3.22. The van der Waals surface area contributed by atoms with Gasteiger partial charge in [0.25, 0.3) is 5.56 Å². The molecule has 0 saturated carbocycles. The van der Waals surface area contributed by atoms with Gasteiger partial charge >= 0.3 is 5.69 Å². The zero-order valence-corrected chi connectivity index (χ0v) is 11.8. The van der Waals surface area contributed by atoms with Crippen molar-refractivity contribution >= 4 is 10.9 Å². The third-order valence-electron chi connectivity index (χ3n) is 4.07. The van der Waals surface area contributed by atoms with E-state index >= 15 is 0 Å². The smallest absolute Gasteiger partial charge is 0.312 e. The molecular formula is C15H19N3O2. The van der Waals surface area contributed by atoms with E-state index in [1.54, 1.807) is 11.6 Å². The number of hydrogen-bond donors (Lipinski definition) is 1. The quantitative estimate of drug-likeness (QED) is 0.879. The van der Waals surface area contributed by atoms with Crippen molar-refractivity contribution in [3.63, 3.8) is 0 Å². The van der Waals surface area contributed by atoms with E-state index in [1.165, 1.54) is 4.57 Å². The van der Waals surface area contributed by atoms with Crippen molar-refractivity contribution in [2.24, 2.45) is 7.05 Å². The number of hydrogen-bond acceptors (Lipinski definition) is 3. The minimum Gasteiger partial charge on any atom is -0.312 e. The molecule has 0 radical (unpaired) electrons. The fraction of sp³-hybridized carbons (Fsp3) is 0.467. The van der Waals surface area contributed by atoms with Gasteiger partial charge in [-0.1, -0.05) is 11.6 Å². The van der Waals surface area contributed by atoms with E-state index in [0.717, 1.165) is 24.9 Å². The normalized spacial score (nSPS) is 18.8. The second kappa shape index (κ2) is 4.90. The highest BCUT2D eigenvalue weighted by Crippen LogP contribution is 2.11. The molecule has 20 heavy (non-hydrogen) atoms. The first-order valence-corrected chi connectivity index (χ1v) is 7.01. The number of rotatable bonds is 2. The third kappa shape index (κ3) is 2.08. The lowest BCUT2D eigenvalue weighted by atomic mass is 10.1. The van der Waals surface area contributed by atoms with Crippen LogP contribution in [0.2, 0.25) is 0 Å². The van der Waals surface area contributed by atoms with E-state index in [1.807, 2.05) is 25.1 Å². The number of aromatic nitrogens is 2. The van der Waals surface area contributed by atoms with Crippen molar-refractivity contribution in [3.05, 3.63) is 44.6 Å². The molecule has 106 valence electrons. The molecule has 1 aliphatic heterocycles. The van der Waals surface area contributed by atoms with Crippen molar-refractivity contribution in [1.29, 1.82) is 0 Å². The largest absolute Gasteiger partial charge is 0.331 e. The summed E-state index contributed by atoms with van der Waals surface area (Å²) in [6, 6.07) is 5.84. The van der Waals surface area contributed by atoms with Gasteiger partial charge in [0.2, 0.25) is 0 Å². The average Bonchev–Trinajstić information content (AvgIpc) is 2.94. The zero-order valence-electron chi connectivity index (χ0n) is 11.8. The molecule has 1 saturated heterocycles. The maximum absolute atomic E-state index is 12.6. The van der Waals surface area contributed by atoms with Gasteiger partial charge in [0, 0.05) is 19.6 Å². The van der Waals surface area contributed by atoms with Crippen molar-refractivity contribution in [1.82, 2.24) is 14.5 Å². The minimum atomic E-state index is -0.236. The molecule has 0 bridgehead atoms. The lowest BCUT2D eigenvalue weighted by Gasteiger charge is -2.14. The van der Waals surface area contributed by atoms with Gasteiger partial charge in [-0.05, 0) is 38.4 Å². The molecule has 1 aliphatic rings. The number of fused-ring (bicyclic) bond motifs is 1. The van der Waals surface area contributed by atoms with Gasteiger partial charge < -0.3 is 5.32 Å². The first-order chi connectivity index (χ1) is 9.58. The molecule has 2 aromatic rings. The predicted molar refractivity (Wildman–Crippen MR) is 79.2 cm³/mol. The van der Waals surface area contributed by atoms with Crippen LogP contribution in [0.25, 0.3) is 10.9 Å². The molecule has 2 heterocycles. The maximum Gasteiger partial charge on any atom is 0.331 e. The summed E-state index contributed by atoms with van der Waals surface area (Å²) in [7, 11) is 1.72. The van der Waals surface area contributed by atoms with Gasteiger partial charge in [0.1, 0.15) is 0 Å². The maximum atomic E-state index is 12.6. The predicted octanol–water partition coefficient (Wildman–Crippen LogP) is 0.761. The molecule has 3 rings (SSSR count). The molecular weight excluding hydrogens is 254 g/mol. The van der Waals surface area contributed by atoms with Gasteiger partial charge in [0.05, 0.1) is 10.9 Å². The number of benzene rings is 1. The lowest BCUT2D eigenvalue weighted by Crippen LogP contribution is -2.43. The lowest BCUT2D eigenvalue weighted by molar-refractivity contribution is 0.478. The second-order valence-corrected chi connectivity index (χ2v) is 5.57. The van der Waals surface area contributed by atoms with Crippen LogP contribution in [0, 0.1) is 6.92 Å². The Morgan fingerprint density at radius 3 is 2.85 bits per heavy atom. The van der Waals surface area contributed by atoms with Crippen molar-refractivity contribution in [2.75, 3.05) is 6.54 Å². The Balaban J connectivity index is 2.21. The molecule has 1 aromatic carbocycles. The zero-order chi connectivity index (χ0) is 14.3. The Hall–Kier alpha value is -1.88. The Morgan fingerprint density at radius 2 is 2.15 bits per heavy atom. The first-order valence-electron chi connectivity index (χ1n) is 7.01. The molecule has 1 fully saturated rings. The van der Waals surface area contributed by atoms with Crippen LogP contribution in [0.1, 0.15) is 18.4 Å². The van der Waals surface area contributed by atoms with Crippen molar-refractivity contribution in [2.45, 2.75) is 32.4 Å². The summed E-state index contributed by atoms with van der Waals surface area (Å²) >= 11 is 0. The molecule has 0 aliphatic carbocycles. The Morgan fingerprint density at radius 1 is 1.35 bits per heavy atom. The van der Waals surface area contributed by atoms with Gasteiger partial charge in [-0.15, -0.1) is 0 Å². The summed E-state index contributed by atoms with van der Waals surface area (Å²) in [5.74, 6) is 0. The number of nitrogens with one attached hydrogen (secondary N) is 1. The number of aryl methyl sites for hydroxylation is 2. The standard InChI is InChI=1S/C15H19N3O2/c1-10-5-6-13-12(8-10)14(19)18(15(20)17(13)2)9-11-4-3-7-16-11/h5-6,8,11,16H,3-4,7,9H2,1-2H3. The highest BCUT2D eigenvalue weighted by molar-refractivity contribution is 5.78. The van der Waals surface area contributed by atoms with Crippen LogP contribution in [0.15, 0.2) is 27.8 Å². The van der Waals surface area contributed by atoms with E-state index in [2.05, 4.69) is 5.32 Å². The van der Waals surface area contributed by atoms with Crippen LogP contribution in [0.5, 0.6) is 0 Å². The topological polar surface area (TPSA) is 56.0 Å². The van der Waals surface area contributed by atoms with Crippen LogP contribution < -0.4 is 16.6 Å².